The molecule has 9 heterocycles. The van der Waals surface area contributed by atoms with E-state index in [1.165, 1.54) is 19.7 Å². The number of fused-ring (bicyclic) bond motifs is 2. The Hall–Kier alpha value is -8.76. The van der Waals surface area contributed by atoms with Crippen molar-refractivity contribution in [3.63, 3.8) is 0 Å². The van der Waals surface area contributed by atoms with E-state index in [1.807, 2.05) is 130 Å². The number of halogens is 4. The molecule has 2 atom stereocenters. The maximum atomic E-state index is 12.5. The first-order valence-electron chi connectivity index (χ1n) is 45.4. The van der Waals surface area contributed by atoms with Crippen LogP contribution in [0.15, 0.2) is 176 Å². The number of ether oxygens (including phenoxy) is 3. The van der Waals surface area contributed by atoms with Crippen molar-refractivity contribution in [2.24, 2.45) is 0 Å². The number of nitrogens with one attached hydrogen (secondary N) is 4. The number of benzene rings is 6. The van der Waals surface area contributed by atoms with Gasteiger partial charge >= 0.3 is 7.12 Å². The van der Waals surface area contributed by atoms with Crippen molar-refractivity contribution in [2.45, 2.75) is 270 Å². The van der Waals surface area contributed by atoms with Crippen LogP contribution in [0.2, 0.25) is 5.02 Å². The molecule has 4 aromatic heterocycles. The Labute approximate surface area is 832 Å². The number of aliphatic hydroxyl groups excluding tert-OH is 1. The first-order valence-corrected chi connectivity index (χ1v) is 49.7. The Morgan fingerprint density at radius 3 is 1.20 bits per heavy atom. The number of pyridine rings is 2. The van der Waals surface area contributed by atoms with Crippen LogP contribution in [-0.2, 0) is 9.31 Å². The topological polar surface area (TPSA) is 302 Å². The minimum absolute atomic E-state index is 0.00821. The monoisotopic (exact) mass is 2040 g/mol. The molecule has 31 heteroatoms. The van der Waals surface area contributed by atoms with Crippen molar-refractivity contribution in [2.75, 3.05) is 39.9 Å². The summed E-state index contributed by atoms with van der Waals surface area (Å²) in [6, 6.07) is 51.6. The van der Waals surface area contributed by atoms with Gasteiger partial charge in [-0.1, -0.05) is 79.9 Å². The Morgan fingerprint density at radius 2 is 0.837 bits per heavy atom. The summed E-state index contributed by atoms with van der Waals surface area (Å²) in [5.41, 5.74) is 10.2. The lowest BCUT2D eigenvalue weighted by Crippen LogP contribution is -2.60. The Kier molecular flexibility index (Phi) is 38.1. The van der Waals surface area contributed by atoms with E-state index < -0.39 is 24.1 Å². The van der Waals surface area contributed by atoms with Gasteiger partial charge in [0.05, 0.1) is 44.6 Å². The van der Waals surface area contributed by atoms with E-state index in [0.29, 0.717) is 88.3 Å². The summed E-state index contributed by atoms with van der Waals surface area (Å²) >= 11 is 14.4. The number of carbonyl (C=O) groups excluding carboxylic acids is 2. The molecule has 15 rings (SSSR count). The second-order valence-electron chi connectivity index (χ2n) is 41.2. The maximum Gasteiger partial charge on any atom is 0.494 e. The maximum absolute atomic E-state index is 12.5. The largest absolute Gasteiger partial charge is 0.494 e. The third-order valence-electron chi connectivity index (χ3n) is 23.3. The molecule has 135 heavy (non-hydrogen) atoms. The molecule has 5 fully saturated rings. The Morgan fingerprint density at radius 1 is 0.511 bits per heavy atom. The van der Waals surface area contributed by atoms with Crippen LogP contribution in [0.3, 0.4) is 0 Å². The van der Waals surface area contributed by atoms with Gasteiger partial charge in [0.15, 0.2) is 11.2 Å². The second-order valence-corrected chi connectivity index (χ2v) is 45.3. The molecule has 5 saturated heterocycles. The van der Waals surface area contributed by atoms with E-state index in [4.69, 9.17) is 50.6 Å². The van der Waals surface area contributed by atoms with Crippen LogP contribution in [-0.4, -0.2) is 173 Å². The van der Waals surface area contributed by atoms with Crippen molar-refractivity contribution < 1.29 is 51.4 Å². The SMILES string of the molecule is CC1(C)CC(O)CC(C)(C)N1.CC1(C)CC(Oc2ccc(B3OC(C)(C)C(C)(C)O3)cc2C#N)CC(C)(C)N1.CC1(C)CC(Oc2ccc(Br)cc2C#N)CC(C)(C)N1.CN(C)C(=O)c1ccc(-c2cc3nccc(-c4ccc(OC5CC(C)(C)NC(C)(C)C5)c(C#N)c4)c3o2)cc1.CN(C)C(=O)c1ccc(-c2cc3nccc(Cl)c3o2)cc1.CSCP.N#Cc1cc(Br)ccc1F.[2H][B]P. The number of furan rings is 2. The zero-order valence-electron chi connectivity index (χ0n) is 83.6. The van der Waals surface area contributed by atoms with Crippen LogP contribution in [0.25, 0.3) is 56.0 Å². The van der Waals surface area contributed by atoms with Gasteiger partial charge in [-0.2, -0.15) is 41.9 Å². The number of carbonyl (C=O) groups is 2. The van der Waals surface area contributed by atoms with Gasteiger partial charge in [-0.25, -0.2) is 4.39 Å². The molecular formula is C104H133B2Br2ClFN12O10P2S. The van der Waals surface area contributed by atoms with E-state index in [1.54, 1.807) is 98.9 Å². The van der Waals surface area contributed by atoms with Gasteiger partial charge in [-0.05, 0) is 267 Å². The lowest BCUT2D eigenvalue weighted by Gasteiger charge is -2.46. The van der Waals surface area contributed by atoms with Gasteiger partial charge in [-0.3, -0.25) is 19.6 Å². The van der Waals surface area contributed by atoms with Crippen LogP contribution in [0.1, 0.15) is 233 Å². The third-order valence-corrected chi connectivity index (χ3v) is 25.9. The minimum Gasteiger partial charge on any atom is -0.489 e. The lowest BCUT2D eigenvalue weighted by molar-refractivity contribution is 0.00578. The molecule has 2 unspecified atom stereocenters. The number of thioether (sulfide) groups is 1. The van der Waals surface area contributed by atoms with Crippen LogP contribution in [0, 0.1) is 51.1 Å². The molecule has 5 aliphatic heterocycles. The van der Waals surface area contributed by atoms with E-state index in [-0.39, 0.29) is 86.1 Å². The molecule has 0 spiro atoms. The molecule has 6 aromatic carbocycles. The fourth-order valence-corrected chi connectivity index (χ4v) is 19.1. The van der Waals surface area contributed by atoms with Crippen molar-refractivity contribution >= 4 is 128 Å². The molecule has 5 aliphatic rings. The summed E-state index contributed by atoms with van der Waals surface area (Å²) < 4.78 is 63.3. The van der Waals surface area contributed by atoms with Gasteiger partial charge in [0.2, 0.25) is 0 Å². The average molecular weight is 2040 g/mol. The molecule has 0 bridgehead atoms. The molecule has 1 radical (unpaired) electrons. The summed E-state index contributed by atoms with van der Waals surface area (Å²) in [5.74, 6) is 2.66. The highest BCUT2D eigenvalue weighted by Crippen LogP contribution is 2.42. The molecule has 2 amide bonds. The number of rotatable bonds is 13. The highest BCUT2D eigenvalue weighted by molar-refractivity contribution is 9.10. The zero-order valence-corrected chi connectivity index (χ0v) is 89.7. The molecule has 719 valence electrons. The summed E-state index contributed by atoms with van der Waals surface area (Å²) in [5, 5.41) is 61.8. The minimum atomic E-state index is -0.483. The molecule has 0 aliphatic carbocycles. The van der Waals surface area contributed by atoms with Crippen LogP contribution >= 0.6 is 73.6 Å². The van der Waals surface area contributed by atoms with Gasteiger partial charge in [-0.15, -0.1) is 9.24 Å². The highest BCUT2D eigenvalue weighted by atomic mass is 79.9. The fourth-order valence-electron chi connectivity index (χ4n) is 18.2. The van der Waals surface area contributed by atoms with Crippen molar-refractivity contribution in [3.05, 3.63) is 211 Å². The van der Waals surface area contributed by atoms with Crippen molar-refractivity contribution in [1.29, 1.82) is 22.4 Å². The summed E-state index contributed by atoms with van der Waals surface area (Å²) in [6.45, 7) is 42.9. The smallest absolute Gasteiger partial charge is 0.489 e. The number of piperidine rings is 4. The molecular weight excluding hydrogens is 1910 g/mol. The summed E-state index contributed by atoms with van der Waals surface area (Å²) in [6.07, 6.45) is 12.6. The summed E-state index contributed by atoms with van der Waals surface area (Å²) in [4.78, 5) is 35.9. The van der Waals surface area contributed by atoms with Crippen molar-refractivity contribution in [3.8, 4) is 75.3 Å². The number of nitrogens with zero attached hydrogens (tertiary/aromatic N) is 8. The molecule has 0 saturated carbocycles. The van der Waals surface area contributed by atoms with Gasteiger partial charge in [0, 0.05) is 178 Å². The number of aromatic nitrogens is 2. The number of aliphatic hydroxyl groups is 1. The van der Waals surface area contributed by atoms with Crippen LogP contribution < -0.4 is 40.9 Å². The van der Waals surface area contributed by atoms with E-state index >= 15 is 0 Å². The summed E-state index contributed by atoms with van der Waals surface area (Å²) in [7, 11) is 12.3. The van der Waals surface area contributed by atoms with Gasteiger partial charge in [0.1, 0.15) is 95.7 Å². The second kappa shape index (κ2) is 46.8. The normalized spacial score (nSPS) is 18.3. The predicted octanol–water partition coefficient (Wildman–Crippen LogP) is 22.4. The number of nitriles is 4. The molecule has 10 aromatic rings. The molecule has 22 nitrogen and oxygen atoms in total. The highest BCUT2D eigenvalue weighted by Gasteiger charge is 2.52. The number of hydrogen-bond acceptors (Lipinski definition) is 21. The number of hydrogen-bond donors (Lipinski definition) is 5. The quantitative estimate of drug-likeness (QED) is 0.0529. The zero-order chi connectivity index (χ0) is 101. The lowest BCUT2D eigenvalue weighted by atomic mass is 9.78. The Balaban J connectivity index is 0.000000208. The average Bonchev–Trinajstić information content (AvgIpc) is 0.918. The van der Waals surface area contributed by atoms with Gasteiger partial charge in [0.25, 0.3) is 11.8 Å². The predicted molar refractivity (Wildman–Crippen MR) is 561 cm³/mol. The first-order chi connectivity index (χ1) is 63.3. The van der Waals surface area contributed by atoms with E-state index in [2.05, 4.69) is 217 Å². The Bertz CT molecular complexity index is 5870. The van der Waals surface area contributed by atoms with E-state index in [0.717, 1.165) is 89.0 Å². The van der Waals surface area contributed by atoms with Crippen LogP contribution in [0.5, 0.6) is 17.2 Å². The first kappa shape index (κ1) is 110. The van der Waals surface area contributed by atoms with Crippen molar-refractivity contribution in [1.82, 2.24) is 41.0 Å². The fraction of sp³-hybridized carbons (Fsp3) is 0.462. The molecule has 5 N–H and O–H groups in total. The number of amides is 2. The van der Waals surface area contributed by atoms with Crippen LogP contribution in [0.4, 0.5) is 4.39 Å². The standard InChI is InChI=1S/C32H34N4O3.C22H33BN2O3.C16H21BrN2O.C16H13ClN2O2.C9H19NO.C7H3BrFN.C2H7PS.BH3P/c1-31(2)17-24(18-32(3,4)35-31)38-27-12-11-22(15-23(27)19-33)25-13-14-34-26-16-28(39-29(25)26)20-7-9-21(10-8-20)30(37)36(5)6;1-19(2)12-17(13-20(3,4)25-19)26-18-10-9-16(11-15(18)14-24)23-27-21(5,6)22(7,8)28-23;1-15(2)8-13(9-16(3,4)19-15)20-14-6-5-12(17)7-11(14)10-18;1-19(2)16(20)11-5-3-10(4-6-11)14-9-13-15(21-14)12(17)7-8-18-13;1-8(2)5-7(11)6-9(3,4)10-8;8-6-1-2-7(9)5(3-6)4-10;1-4-2-3;1-2/h7-16,24,35H,17-18H2,1-6H3;9-11,17,25H,12-13H2,1-8H3;5-7,13,19H,8-9H2,1-4H3;3-9H,1-2H3;7,10-11H,5-6H2,1-4H3;1-3H;2-3H2,1H3;1H,2H2/i;;;;;;;1D. The van der Waals surface area contributed by atoms with Gasteiger partial charge < -0.3 is 68.5 Å². The third kappa shape index (κ3) is 32.1. The van der Waals surface area contributed by atoms with E-state index in [9.17, 15) is 34.9 Å².